The summed E-state index contributed by atoms with van der Waals surface area (Å²) in [5.41, 5.74) is 0.752. The summed E-state index contributed by atoms with van der Waals surface area (Å²) < 4.78 is 0. The van der Waals surface area contributed by atoms with Crippen LogP contribution in [0.1, 0.15) is 45.4 Å². The summed E-state index contributed by atoms with van der Waals surface area (Å²) in [7, 11) is 0. The molecule has 118 valence electrons. The molecule has 0 aromatic carbocycles. The number of fused-ring (bicyclic) bond motifs is 2. The van der Waals surface area contributed by atoms with Crippen LogP contribution < -0.4 is 10.6 Å². The van der Waals surface area contributed by atoms with E-state index in [1.54, 1.807) is 6.20 Å². The van der Waals surface area contributed by atoms with Crippen molar-refractivity contribution < 1.29 is 4.79 Å². The Morgan fingerprint density at radius 2 is 1.82 bits per heavy atom. The fourth-order valence-electron chi connectivity index (χ4n) is 4.27. The van der Waals surface area contributed by atoms with Crippen molar-refractivity contribution in [3.8, 4) is 0 Å². The first-order valence-corrected chi connectivity index (χ1v) is 8.46. The SMILES string of the molecule is CC(=O)Nc1ccc(NC2CC3CCC(C2)N3C2CC2)nc1. The third-order valence-electron chi connectivity index (χ3n) is 5.19. The average Bonchev–Trinajstić information content (AvgIpc) is 3.28. The molecule has 2 unspecified atom stereocenters. The summed E-state index contributed by atoms with van der Waals surface area (Å²) >= 11 is 0. The molecule has 22 heavy (non-hydrogen) atoms. The second-order valence-corrected chi connectivity index (χ2v) is 6.99. The number of aromatic nitrogens is 1. The van der Waals surface area contributed by atoms with Gasteiger partial charge in [-0.2, -0.15) is 0 Å². The molecule has 4 rings (SSSR count). The molecule has 2 atom stereocenters. The van der Waals surface area contributed by atoms with Crippen molar-refractivity contribution in [3.05, 3.63) is 18.3 Å². The van der Waals surface area contributed by atoms with E-state index in [0.717, 1.165) is 29.6 Å². The molecule has 0 radical (unpaired) electrons. The lowest BCUT2D eigenvalue weighted by molar-refractivity contribution is -0.114. The molecule has 5 heteroatoms. The molecule has 1 aromatic heterocycles. The van der Waals surface area contributed by atoms with Crippen molar-refractivity contribution in [1.82, 2.24) is 9.88 Å². The highest BCUT2D eigenvalue weighted by Gasteiger charge is 2.46. The number of rotatable bonds is 4. The van der Waals surface area contributed by atoms with E-state index in [1.807, 2.05) is 12.1 Å². The number of pyridine rings is 1. The number of nitrogens with one attached hydrogen (secondary N) is 2. The standard InChI is InChI=1S/C17H24N4O/c1-11(22)19-12-2-7-17(18-10-12)20-13-8-15-5-6-16(9-13)21(15)14-3-4-14/h2,7,10,13-16H,3-6,8-9H2,1H3,(H,18,20)(H,19,22). The quantitative estimate of drug-likeness (QED) is 0.897. The molecule has 2 saturated heterocycles. The Morgan fingerprint density at radius 1 is 1.14 bits per heavy atom. The van der Waals surface area contributed by atoms with E-state index in [2.05, 4.69) is 20.5 Å². The molecular formula is C17H24N4O. The van der Waals surface area contributed by atoms with Crippen LogP contribution in [0.3, 0.4) is 0 Å². The molecular weight excluding hydrogens is 276 g/mol. The number of carbonyl (C=O) groups is 1. The molecule has 1 aliphatic carbocycles. The minimum absolute atomic E-state index is 0.0634. The third-order valence-corrected chi connectivity index (χ3v) is 5.19. The zero-order valence-corrected chi connectivity index (χ0v) is 13.1. The smallest absolute Gasteiger partial charge is 0.221 e. The maximum Gasteiger partial charge on any atom is 0.221 e. The van der Waals surface area contributed by atoms with Crippen LogP contribution in [-0.2, 0) is 4.79 Å². The summed E-state index contributed by atoms with van der Waals surface area (Å²) in [6.45, 7) is 1.51. The van der Waals surface area contributed by atoms with Gasteiger partial charge in [0.05, 0.1) is 11.9 Å². The fraction of sp³-hybridized carbons (Fsp3) is 0.647. The van der Waals surface area contributed by atoms with Gasteiger partial charge in [0.25, 0.3) is 0 Å². The first kappa shape index (κ1) is 14.0. The molecule has 3 heterocycles. The molecule has 5 nitrogen and oxygen atoms in total. The highest BCUT2D eigenvalue weighted by molar-refractivity contribution is 5.88. The number of nitrogens with zero attached hydrogens (tertiary/aromatic N) is 2. The molecule has 2 bridgehead atoms. The van der Waals surface area contributed by atoms with Crippen LogP contribution in [0, 0.1) is 0 Å². The zero-order valence-electron chi connectivity index (χ0n) is 13.1. The number of anilines is 2. The average molecular weight is 300 g/mol. The van der Waals surface area contributed by atoms with Crippen LogP contribution in [0.15, 0.2) is 18.3 Å². The second-order valence-electron chi connectivity index (χ2n) is 6.99. The van der Waals surface area contributed by atoms with E-state index in [-0.39, 0.29) is 5.91 Å². The highest BCUT2D eigenvalue weighted by Crippen LogP contribution is 2.43. The van der Waals surface area contributed by atoms with Crippen molar-refractivity contribution in [2.45, 2.75) is 69.6 Å². The van der Waals surface area contributed by atoms with Crippen molar-refractivity contribution in [1.29, 1.82) is 0 Å². The number of carbonyl (C=O) groups excluding carboxylic acids is 1. The van der Waals surface area contributed by atoms with Gasteiger partial charge in [0.2, 0.25) is 5.91 Å². The van der Waals surface area contributed by atoms with Gasteiger partial charge in [0.1, 0.15) is 5.82 Å². The number of amides is 1. The molecule has 1 amide bonds. The third kappa shape index (κ3) is 2.82. The van der Waals surface area contributed by atoms with E-state index < -0.39 is 0 Å². The normalized spacial score (nSPS) is 31.0. The van der Waals surface area contributed by atoms with Gasteiger partial charge in [-0.25, -0.2) is 4.98 Å². The lowest BCUT2D eigenvalue weighted by Gasteiger charge is -2.39. The van der Waals surface area contributed by atoms with Crippen LogP contribution in [0.4, 0.5) is 11.5 Å². The molecule has 1 saturated carbocycles. The number of piperidine rings is 1. The Morgan fingerprint density at radius 3 is 2.36 bits per heavy atom. The first-order chi connectivity index (χ1) is 10.7. The predicted molar refractivity (Wildman–Crippen MR) is 86.9 cm³/mol. The topological polar surface area (TPSA) is 57.3 Å². The largest absolute Gasteiger partial charge is 0.367 e. The summed E-state index contributed by atoms with van der Waals surface area (Å²) in [5, 5.41) is 6.34. The van der Waals surface area contributed by atoms with E-state index >= 15 is 0 Å². The van der Waals surface area contributed by atoms with E-state index in [0.29, 0.717) is 6.04 Å². The molecule has 2 N–H and O–H groups in total. The Bertz CT molecular complexity index is 540. The monoisotopic (exact) mass is 300 g/mol. The Kier molecular flexibility index (Phi) is 3.53. The lowest BCUT2D eigenvalue weighted by Crippen LogP contribution is -2.47. The molecule has 3 aliphatic rings. The van der Waals surface area contributed by atoms with Crippen LogP contribution in [0.5, 0.6) is 0 Å². The van der Waals surface area contributed by atoms with Gasteiger partial charge >= 0.3 is 0 Å². The first-order valence-electron chi connectivity index (χ1n) is 8.46. The molecule has 1 aromatic rings. The second kappa shape index (κ2) is 5.54. The molecule has 3 fully saturated rings. The Hall–Kier alpha value is -1.62. The fourth-order valence-corrected chi connectivity index (χ4v) is 4.27. The van der Waals surface area contributed by atoms with Gasteiger partial charge in [-0.3, -0.25) is 9.69 Å². The van der Waals surface area contributed by atoms with Crippen molar-refractivity contribution in [2.75, 3.05) is 10.6 Å². The minimum Gasteiger partial charge on any atom is -0.367 e. The van der Waals surface area contributed by atoms with Gasteiger partial charge in [-0.1, -0.05) is 0 Å². The molecule has 0 spiro atoms. The van der Waals surface area contributed by atoms with E-state index in [1.165, 1.54) is 45.4 Å². The maximum atomic E-state index is 11.0. The maximum absolute atomic E-state index is 11.0. The van der Waals surface area contributed by atoms with Gasteiger partial charge in [0, 0.05) is 31.1 Å². The van der Waals surface area contributed by atoms with Crippen LogP contribution in [-0.4, -0.2) is 40.0 Å². The number of hydrogen-bond donors (Lipinski definition) is 2. The zero-order chi connectivity index (χ0) is 15.1. The minimum atomic E-state index is -0.0634. The van der Waals surface area contributed by atoms with Gasteiger partial charge < -0.3 is 10.6 Å². The van der Waals surface area contributed by atoms with Gasteiger partial charge in [-0.15, -0.1) is 0 Å². The summed E-state index contributed by atoms with van der Waals surface area (Å²) in [6.07, 6.45) is 9.76. The van der Waals surface area contributed by atoms with Crippen molar-refractivity contribution in [3.63, 3.8) is 0 Å². The van der Waals surface area contributed by atoms with E-state index in [9.17, 15) is 4.79 Å². The number of hydrogen-bond acceptors (Lipinski definition) is 4. The van der Waals surface area contributed by atoms with E-state index in [4.69, 9.17) is 0 Å². The Balaban J connectivity index is 1.37. The molecule has 2 aliphatic heterocycles. The van der Waals surface area contributed by atoms with Gasteiger partial charge in [-0.05, 0) is 50.7 Å². The predicted octanol–water partition coefficient (Wildman–Crippen LogP) is 2.61. The lowest BCUT2D eigenvalue weighted by atomic mass is 9.97. The van der Waals surface area contributed by atoms with Crippen LogP contribution >= 0.6 is 0 Å². The summed E-state index contributed by atoms with van der Waals surface area (Å²) in [4.78, 5) is 18.3. The highest BCUT2D eigenvalue weighted by atomic mass is 16.1. The Labute approximate surface area is 131 Å². The summed E-state index contributed by atoms with van der Waals surface area (Å²) in [6, 6.07) is 6.86. The van der Waals surface area contributed by atoms with Crippen LogP contribution in [0.25, 0.3) is 0 Å². The van der Waals surface area contributed by atoms with Crippen molar-refractivity contribution in [2.24, 2.45) is 0 Å². The van der Waals surface area contributed by atoms with Gasteiger partial charge in [0.15, 0.2) is 0 Å². The van der Waals surface area contributed by atoms with Crippen LogP contribution in [0.2, 0.25) is 0 Å². The van der Waals surface area contributed by atoms with Crippen molar-refractivity contribution >= 4 is 17.4 Å². The summed E-state index contributed by atoms with van der Waals surface area (Å²) in [5.74, 6) is 0.852.